The Kier molecular flexibility index (Phi) is 4.35. The molecule has 0 N–H and O–H groups in total. The van der Waals surface area contributed by atoms with E-state index in [2.05, 4.69) is 10.1 Å². The zero-order valence-electron chi connectivity index (χ0n) is 10.2. The van der Waals surface area contributed by atoms with Gasteiger partial charge in [0.2, 0.25) is 0 Å². The molecule has 1 heterocycles. The summed E-state index contributed by atoms with van der Waals surface area (Å²) < 4.78 is 1.27. The normalized spacial score (nSPS) is 11.1. The van der Waals surface area contributed by atoms with E-state index in [1.54, 1.807) is 13.3 Å². The van der Waals surface area contributed by atoms with Gasteiger partial charge in [0.15, 0.2) is 0 Å². The van der Waals surface area contributed by atoms with Crippen molar-refractivity contribution in [3.05, 3.63) is 62.0 Å². The second-order valence-corrected chi connectivity index (χ2v) is 4.64. The van der Waals surface area contributed by atoms with E-state index < -0.39 is 5.56 Å². The van der Waals surface area contributed by atoms with Crippen molar-refractivity contribution in [2.24, 2.45) is 4.99 Å². The summed E-state index contributed by atoms with van der Waals surface area (Å²) in [7, 11) is 1.69. The average Bonchev–Trinajstić information content (AvgIpc) is 2.42. The summed E-state index contributed by atoms with van der Waals surface area (Å²) in [4.78, 5) is 15.9. The van der Waals surface area contributed by atoms with Crippen LogP contribution < -0.4 is 5.56 Å². The van der Waals surface area contributed by atoms with E-state index >= 15 is 0 Å². The van der Waals surface area contributed by atoms with E-state index in [1.807, 2.05) is 24.3 Å². The van der Waals surface area contributed by atoms with Crippen LogP contribution in [0.25, 0.3) is 0 Å². The minimum absolute atomic E-state index is 0.0155. The quantitative estimate of drug-likeness (QED) is 0.817. The topological polar surface area (TPSA) is 47.2 Å². The van der Waals surface area contributed by atoms with Crippen LogP contribution in [0.15, 0.2) is 40.2 Å². The summed E-state index contributed by atoms with van der Waals surface area (Å²) in [6.07, 6.45) is 3.10. The van der Waals surface area contributed by atoms with Crippen LogP contribution in [0.3, 0.4) is 0 Å². The van der Waals surface area contributed by atoms with Crippen LogP contribution in [0, 0.1) is 0 Å². The Labute approximate surface area is 120 Å². The lowest BCUT2D eigenvalue weighted by Crippen LogP contribution is -2.24. The molecule has 0 aliphatic carbocycles. The van der Waals surface area contributed by atoms with Crippen LogP contribution in [0.4, 0.5) is 0 Å². The molecule has 0 aliphatic rings. The Morgan fingerprint density at radius 3 is 2.84 bits per heavy atom. The highest BCUT2D eigenvalue weighted by Crippen LogP contribution is 2.15. The maximum absolute atomic E-state index is 11.9. The first-order valence-electron chi connectivity index (χ1n) is 5.54. The lowest BCUT2D eigenvalue weighted by molar-refractivity contribution is 0.639. The molecule has 19 heavy (non-hydrogen) atoms. The Hall–Kier alpha value is -1.65. The van der Waals surface area contributed by atoms with Gasteiger partial charge in [-0.05, 0) is 11.1 Å². The van der Waals surface area contributed by atoms with Crippen molar-refractivity contribution in [1.82, 2.24) is 9.78 Å². The monoisotopic (exact) mass is 295 g/mol. The number of nitrogens with zero attached hydrogens (tertiary/aromatic N) is 3. The smallest absolute Gasteiger partial charge is 0.287 e. The van der Waals surface area contributed by atoms with Crippen molar-refractivity contribution in [3.63, 3.8) is 0 Å². The molecule has 0 radical (unpaired) electrons. The van der Waals surface area contributed by atoms with Gasteiger partial charge in [0.05, 0.1) is 17.8 Å². The number of halogens is 2. The Bertz CT molecular complexity index is 680. The lowest BCUT2D eigenvalue weighted by Gasteiger charge is -2.08. The highest BCUT2D eigenvalue weighted by Gasteiger charge is 2.09. The van der Waals surface area contributed by atoms with E-state index in [9.17, 15) is 4.79 Å². The lowest BCUT2D eigenvalue weighted by atomic mass is 10.1. The summed E-state index contributed by atoms with van der Waals surface area (Å²) in [6.45, 7) is 0.317. The van der Waals surface area contributed by atoms with Gasteiger partial charge in [0.1, 0.15) is 5.02 Å². The molecule has 98 valence electrons. The van der Waals surface area contributed by atoms with Crippen LogP contribution in [0.5, 0.6) is 0 Å². The summed E-state index contributed by atoms with van der Waals surface area (Å²) in [6, 6.07) is 7.63. The molecule has 0 aliphatic heterocycles. The molecule has 0 saturated carbocycles. The van der Waals surface area contributed by atoms with E-state index in [0.717, 1.165) is 11.1 Å². The highest BCUT2D eigenvalue weighted by molar-refractivity contribution is 6.41. The zero-order valence-corrected chi connectivity index (χ0v) is 11.7. The number of hydrogen-bond donors (Lipinski definition) is 0. The molecule has 0 bridgehead atoms. The predicted octanol–water partition coefficient (Wildman–Crippen LogP) is 2.65. The fourth-order valence-corrected chi connectivity index (χ4v) is 1.93. The fourth-order valence-electron chi connectivity index (χ4n) is 1.66. The van der Waals surface area contributed by atoms with Gasteiger partial charge < -0.3 is 0 Å². The Balaban J connectivity index is 2.42. The van der Waals surface area contributed by atoms with Gasteiger partial charge in [-0.15, -0.1) is 0 Å². The highest BCUT2D eigenvalue weighted by atomic mass is 35.5. The number of benzene rings is 1. The second-order valence-electron chi connectivity index (χ2n) is 3.86. The van der Waals surface area contributed by atoms with E-state index in [1.165, 1.54) is 10.9 Å². The minimum Gasteiger partial charge on any atom is -0.296 e. The number of hydrogen-bond acceptors (Lipinski definition) is 3. The molecule has 0 amide bonds. The molecular weight excluding hydrogens is 285 g/mol. The SMILES string of the molecule is CN=Cc1ccccc1Cn1ncc(Cl)c(Cl)c1=O. The molecule has 0 saturated heterocycles. The van der Waals surface area contributed by atoms with E-state index in [0.29, 0.717) is 6.54 Å². The van der Waals surface area contributed by atoms with Gasteiger partial charge in [0.25, 0.3) is 5.56 Å². The van der Waals surface area contributed by atoms with Crippen LogP contribution in [-0.2, 0) is 6.54 Å². The number of aliphatic imine (C=N–C) groups is 1. The third-order valence-corrected chi connectivity index (χ3v) is 3.33. The minimum atomic E-state index is -0.405. The van der Waals surface area contributed by atoms with Gasteiger partial charge in [-0.3, -0.25) is 9.79 Å². The van der Waals surface area contributed by atoms with Crippen LogP contribution in [-0.4, -0.2) is 23.0 Å². The van der Waals surface area contributed by atoms with Crippen molar-refractivity contribution < 1.29 is 0 Å². The molecule has 0 atom stereocenters. The molecule has 1 aromatic heterocycles. The number of rotatable bonds is 3. The van der Waals surface area contributed by atoms with Gasteiger partial charge >= 0.3 is 0 Å². The molecule has 2 rings (SSSR count). The summed E-state index contributed by atoms with van der Waals surface area (Å²) in [5.41, 5.74) is 1.46. The molecule has 2 aromatic rings. The average molecular weight is 296 g/mol. The standard InChI is InChI=1S/C13H11Cl2N3O/c1-16-6-9-4-2-3-5-10(9)8-18-13(19)12(15)11(14)7-17-18/h2-7H,8H2,1H3. The number of aromatic nitrogens is 2. The van der Waals surface area contributed by atoms with Crippen LogP contribution >= 0.6 is 23.2 Å². The molecule has 0 unspecified atom stereocenters. The maximum Gasteiger partial charge on any atom is 0.287 e. The van der Waals surface area contributed by atoms with Gasteiger partial charge in [-0.2, -0.15) is 5.10 Å². The Morgan fingerprint density at radius 1 is 1.37 bits per heavy atom. The largest absolute Gasteiger partial charge is 0.296 e. The molecule has 0 spiro atoms. The molecular formula is C13H11Cl2N3O. The fraction of sp³-hybridized carbons (Fsp3) is 0.154. The molecule has 6 heteroatoms. The summed E-state index contributed by atoms with van der Waals surface area (Å²) >= 11 is 11.6. The summed E-state index contributed by atoms with van der Waals surface area (Å²) in [5, 5.41) is 4.12. The maximum atomic E-state index is 11.9. The first-order chi connectivity index (χ1) is 9.13. The van der Waals surface area contributed by atoms with Crippen molar-refractivity contribution in [3.8, 4) is 0 Å². The van der Waals surface area contributed by atoms with Gasteiger partial charge in [-0.1, -0.05) is 47.5 Å². The third-order valence-electron chi connectivity index (χ3n) is 2.59. The second kappa shape index (κ2) is 5.99. The molecule has 1 aromatic carbocycles. The third kappa shape index (κ3) is 3.03. The summed E-state index contributed by atoms with van der Waals surface area (Å²) in [5.74, 6) is 0. The van der Waals surface area contributed by atoms with Gasteiger partial charge in [-0.25, -0.2) is 4.68 Å². The van der Waals surface area contributed by atoms with Crippen LogP contribution in [0.2, 0.25) is 10.0 Å². The van der Waals surface area contributed by atoms with Crippen molar-refractivity contribution >= 4 is 29.4 Å². The zero-order chi connectivity index (χ0) is 13.8. The molecule has 4 nitrogen and oxygen atoms in total. The molecule has 0 fully saturated rings. The predicted molar refractivity (Wildman–Crippen MR) is 77.6 cm³/mol. The van der Waals surface area contributed by atoms with Gasteiger partial charge in [0, 0.05) is 13.3 Å². The van der Waals surface area contributed by atoms with Crippen molar-refractivity contribution in [1.29, 1.82) is 0 Å². The first kappa shape index (κ1) is 13.8. The van der Waals surface area contributed by atoms with E-state index in [4.69, 9.17) is 23.2 Å². The first-order valence-corrected chi connectivity index (χ1v) is 6.30. The Morgan fingerprint density at radius 2 is 2.11 bits per heavy atom. The van der Waals surface area contributed by atoms with Crippen molar-refractivity contribution in [2.45, 2.75) is 6.54 Å². The van der Waals surface area contributed by atoms with Crippen LogP contribution in [0.1, 0.15) is 11.1 Å². The van der Waals surface area contributed by atoms with Crippen molar-refractivity contribution in [2.75, 3.05) is 7.05 Å². The van der Waals surface area contributed by atoms with E-state index in [-0.39, 0.29) is 10.0 Å².